The molecule has 22 heavy (non-hydrogen) atoms. The number of carbonyl (C=O) groups excluding carboxylic acids is 1. The van der Waals surface area contributed by atoms with Crippen LogP contribution >= 0.6 is 0 Å². The van der Waals surface area contributed by atoms with Gasteiger partial charge in [-0.2, -0.15) is 0 Å². The van der Waals surface area contributed by atoms with E-state index in [-0.39, 0.29) is 17.6 Å². The van der Waals surface area contributed by atoms with Gasteiger partial charge in [0.25, 0.3) is 0 Å². The Morgan fingerprint density at radius 3 is 1.95 bits per heavy atom. The van der Waals surface area contributed by atoms with Crippen LogP contribution in [0.2, 0.25) is 0 Å². The quantitative estimate of drug-likeness (QED) is 0.808. The molecule has 2 bridgehead atoms. The number of rotatable bonds is 0. The molecule has 0 saturated carbocycles. The molecule has 4 aliphatic carbocycles. The zero-order valence-electron chi connectivity index (χ0n) is 12.1. The predicted octanol–water partition coefficient (Wildman–Crippen LogP) is 3.15. The molecule has 2 atom stereocenters. The Balaban J connectivity index is 1.85. The second-order valence-electron chi connectivity index (χ2n) is 6.66. The Kier molecular flexibility index (Phi) is 2.23. The van der Waals surface area contributed by atoms with Gasteiger partial charge in [-0.05, 0) is 34.8 Å². The van der Waals surface area contributed by atoms with Crippen LogP contribution in [0.15, 0.2) is 60.7 Å². The van der Waals surface area contributed by atoms with Crippen molar-refractivity contribution in [1.82, 2.24) is 0 Å². The van der Waals surface area contributed by atoms with Crippen molar-refractivity contribution in [3.63, 3.8) is 0 Å². The summed E-state index contributed by atoms with van der Waals surface area (Å²) in [6.45, 7) is 0. The Morgan fingerprint density at radius 2 is 1.45 bits per heavy atom. The van der Waals surface area contributed by atoms with Crippen molar-refractivity contribution in [2.24, 2.45) is 5.41 Å². The molecule has 2 nitrogen and oxygen atoms in total. The van der Waals surface area contributed by atoms with Crippen molar-refractivity contribution in [3.8, 4) is 0 Å². The maximum atomic E-state index is 12.7. The molecule has 6 rings (SSSR count). The third kappa shape index (κ3) is 1.24. The van der Waals surface area contributed by atoms with E-state index in [0.29, 0.717) is 6.42 Å². The monoisotopic (exact) mass is 288 g/mol. The normalized spacial score (nSPS) is 34.0. The molecule has 0 aliphatic heterocycles. The Labute approximate surface area is 129 Å². The van der Waals surface area contributed by atoms with Crippen LogP contribution in [0.5, 0.6) is 0 Å². The highest BCUT2D eigenvalue weighted by Gasteiger charge is 2.60. The van der Waals surface area contributed by atoms with Crippen LogP contribution in [0, 0.1) is 5.41 Å². The van der Waals surface area contributed by atoms with E-state index in [1.54, 1.807) is 12.2 Å². The number of hydrogen-bond acceptors (Lipinski definition) is 2. The summed E-state index contributed by atoms with van der Waals surface area (Å²) in [6.07, 6.45) is 3.28. The predicted molar refractivity (Wildman–Crippen MR) is 83.8 cm³/mol. The third-order valence-corrected chi connectivity index (χ3v) is 5.84. The van der Waals surface area contributed by atoms with Crippen molar-refractivity contribution in [3.05, 3.63) is 82.9 Å². The van der Waals surface area contributed by atoms with Crippen LogP contribution < -0.4 is 0 Å². The van der Waals surface area contributed by atoms with Crippen LogP contribution in [0.1, 0.15) is 40.5 Å². The molecule has 4 aliphatic rings. The van der Waals surface area contributed by atoms with Gasteiger partial charge in [-0.3, -0.25) is 4.79 Å². The minimum Gasteiger partial charge on any atom is -0.388 e. The van der Waals surface area contributed by atoms with Gasteiger partial charge in [0.15, 0.2) is 5.78 Å². The fraction of sp³-hybridized carbons (Fsp3) is 0.250. The molecule has 0 unspecified atom stereocenters. The number of hydrogen-bond donors (Lipinski definition) is 1. The summed E-state index contributed by atoms with van der Waals surface area (Å²) < 4.78 is 0. The molecular formula is C20H16O2. The minimum atomic E-state index is -0.701. The molecule has 0 saturated heterocycles. The lowest BCUT2D eigenvalue weighted by atomic mass is 9.50. The summed E-state index contributed by atoms with van der Waals surface area (Å²) in [7, 11) is 0. The van der Waals surface area contributed by atoms with Crippen molar-refractivity contribution in [1.29, 1.82) is 0 Å². The van der Waals surface area contributed by atoms with Gasteiger partial charge in [-0.25, -0.2) is 0 Å². The van der Waals surface area contributed by atoms with Crippen molar-refractivity contribution >= 4 is 5.78 Å². The van der Waals surface area contributed by atoms with Gasteiger partial charge in [0.05, 0.1) is 11.5 Å². The van der Waals surface area contributed by atoms with E-state index >= 15 is 0 Å². The highest BCUT2D eigenvalue weighted by Crippen LogP contribution is 2.63. The molecule has 0 fully saturated rings. The van der Waals surface area contributed by atoms with Gasteiger partial charge in [0, 0.05) is 11.8 Å². The summed E-state index contributed by atoms with van der Waals surface area (Å²) in [5.41, 5.74) is 4.38. The molecular weight excluding hydrogens is 272 g/mol. The van der Waals surface area contributed by atoms with Crippen LogP contribution in [0.25, 0.3) is 0 Å². The van der Waals surface area contributed by atoms with Gasteiger partial charge in [0.1, 0.15) is 0 Å². The molecule has 2 aromatic rings. The smallest absolute Gasteiger partial charge is 0.165 e. The number of aliphatic hydroxyl groups excluding tert-OH is 1. The second kappa shape index (κ2) is 3.96. The summed E-state index contributed by atoms with van der Waals surface area (Å²) in [4.78, 5) is 12.7. The van der Waals surface area contributed by atoms with Crippen molar-refractivity contribution < 1.29 is 9.90 Å². The van der Waals surface area contributed by atoms with Crippen molar-refractivity contribution in [2.45, 2.75) is 24.4 Å². The average Bonchev–Trinajstić information content (AvgIpc) is 2.84. The van der Waals surface area contributed by atoms with Crippen LogP contribution in [-0.4, -0.2) is 17.0 Å². The Hall–Kier alpha value is -2.19. The van der Waals surface area contributed by atoms with Crippen LogP contribution in [0.4, 0.5) is 0 Å². The maximum absolute atomic E-state index is 12.7. The van der Waals surface area contributed by atoms with Gasteiger partial charge >= 0.3 is 0 Å². The van der Waals surface area contributed by atoms with Crippen LogP contribution in [-0.2, 0) is 4.79 Å². The number of ketones is 1. The lowest BCUT2D eigenvalue weighted by Crippen LogP contribution is -2.50. The van der Waals surface area contributed by atoms with E-state index in [2.05, 4.69) is 36.4 Å². The number of benzene rings is 2. The molecule has 2 heteroatoms. The second-order valence-corrected chi connectivity index (χ2v) is 6.66. The SMILES string of the molecule is O=C1C=C[C@H](O)[C@]12CC1c3ccccc3C2c2ccccc21. The number of aliphatic hydroxyl groups is 1. The summed E-state index contributed by atoms with van der Waals surface area (Å²) >= 11 is 0. The van der Waals surface area contributed by atoms with Crippen molar-refractivity contribution in [2.75, 3.05) is 0 Å². The molecule has 1 N–H and O–H groups in total. The lowest BCUT2D eigenvalue weighted by molar-refractivity contribution is -0.129. The molecule has 1 spiro atoms. The zero-order chi connectivity index (χ0) is 14.9. The first-order valence-corrected chi connectivity index (χ1v) is 7.82. The summed E-state index contributed by atoms with van der Waals surface area (Å²) in [5, 5.41) is 10.6. The molecule has 0 radical (unpaired) electrons. The fourth-order valence-electron chi connectivity index (χ4n) is 4.93. The lowest BCUT2D eigenvalue weighted by Gasteiger charge is -2.52. The van der Waals surface area contributed by atoms with Crippen LogP contribution in [0.3, 0.4) is 0 Å². The highest BCUT2D eigenvalue weighted by molar-refractivity contribution is 6.00. The molecule has 108 valence electrons. The van der Waals surface area contributed by atoms with E-state index in [9.17, 15) is 9.90 Å². The van der Waals surface area contributed by atoms with Gasteiger partial charge in [-0.1, -0.05) is 54.6 Å². The highest BCUT2D eigenvalue weighted by atomic mass is 16.3. The molecule has 2 aromatic carbocycles. The Bertz CT molecular complexity index is 788. The number of allylic oxidation sites excluding steroid dienone is 1. The average molecular weight is 288 g/mol. The molecule has 0 amide bonds. The van der Waals surface area contributed by atoms with Gasteiger partial charge in [0.2, 0.25) is 0 Å². The maximum Gasteiger partial charge on any atom is 0.165 e. The van der Waals surface area contributed by atoms with Gasteiger partial charge in [-0.15, -0.1) is 0 Å². The molecule has 0 heterocycles. The fourth-order valence-corrected chi connectivity index (χ4v) is 4.93. The van der Waals surface area contributed by atoms with Gasteiger partial charge < -0.3 is 5.11 Å². The van der Waals surface area contributed by atoms with E-state index in [0.717, 1.165) is 0 Å². The van der Waals surface area contributed by atoms with E-state index in [1.165, 1.54) is 22.3 Å². The van der Waals surface area contributed by atoms with E-state index in [1.807, 2.05) is 12.1 Å². The topological polar surface area (TPSA) is 37.3 Å². The zero-order valence-corrected chi connectivity index (χ0v) is 12.1. The molecule has 0 aromatic heterocycles. The summed E-state index contributed by atoms with van der Waals surface area (Å²) in [6, 6.07) is 16.8. The summed E-state index contributed by atoms with van der Waals surface area (Å²) in [5.74, 6) is 0.248. The third-order valence-electron chi connectivity index (χ3n) is 5.84. The standard InChI is InChI=1S/C20H16O2/c21-17-9-10-18(22)20(17)11-16-12-5-1-3-7-14(12)19(20)15-8-4-2-6-13(15)16/h1-10,16-17,19,21H,11H2/t16?,17-,19?,20+/m0/s1. The Morgan fingerprint density at radius 1 is 0.909 bits per heavy atom. The first kappa shape index (κ1) is 12.4. The largest absolute Gasteiger partial charge is 0.388 e. The van der Waals surface area contributed by atoms with E-state index in [4.69, 9.17) is 0 Å². The number of carbonyl (C=O) groups is 1. The minimum absolute atomic E-state index is 0.0394. The first-order chi connectivity index (χ1) is 10.7. The van der Waals surface area contributed by atoms with E-state index < -0.39 is 11.5 Å². The first-order valence-electron chi connectivity index (χ1n) is 7.82.